The molecule has 0 radical (unpaired) electrons. The minimum Gasteiger partial charge on any atom is -0.396 e. The topological polar surface area (TPSA) is 23.5 Å². The Kier molecular flexibility index (Phi) is 5.31. The van der Waals surface area contributed by atoms with Crippen molar-refractivity contribution >= 4 is 11.6 Å². The zero-order valence-electron chi connectivity index (χ0n) is 13.0. The van der Waals surface area contributed by atoms with E-state index in [1.165, 1.54) is 11.6 Å². The van der Waals surface area contributed by atoms with Crippen molar-refractivity contribution in [2.45, 2.75) is 18.9 Å². The van der Waals surface area contributed by atoms with Crippen molar-refractivity contribution in [3.8, 4) is 0 Å². The number of aliphatic hydroxyl groups is 1. The molecule has 4 heteroatoms. The van der Waals surface area contributed by atoms with Crippen LogP contribution in [0.4, 0.5) is 4.39 Å². The van der Waals surface area contributed by atoms with Gasteiger partial charge in [-0.05, 0) is 35.6 Å². The van der Waals surface area contributed by atoms with E-state index in [0.29, 0.717) is 5.92 Å². The molecular formula is C19H21ClFNO. The molecule has 0 spiro atoms. The van der Waals surface area contributed by atoms with Crippen LogP contribution in [-0.4, -0.2) is 29.7 Å². The number of benzene rings is 2. The average Bonchev–Trinajstić information content (AvgIpc) is 2.94. The van der Waals surface area contributed by atoms with Gasteiger partial charge in [-0.25, -0.2) is 4.39 Å². The van der Waals surface area contributed by atoms with Crippen molar-refractivity contribution in [2.75, 3.05) is 19.7 Å². The summed E-state index contributed by atoms with van der Waals surface area (Å²) < 4.78 is 13.4. The van der Waals surface area contributed by atoms with Gasteiger partial charge in [0.2, 0.25) is 0 Å². The van der Waals surface area contributed by atoms with E-state index < -0.39 is 0 Å². The fraction of sp³-hybridized carbons (Fsp3) is 0.368. The van der Waals surface area contributed by atoms with Crippen LogP contribution in [0.15, 0.2) is 48.5 Å². The van der Waals surface area contributed by atoms with E-state index >= 15 is 0 Å². The van der Waals surface area contributed by atoms with Gasteiger partial charge in [0, 0.05) is 32.2 Å². The Labute approximate surface area is 141 Å². The molecule has 1 N–H and O–H groups in total. The van der Waals surface area contributed by atoms with Crippen molar-refractivity contribution in [1.82, 2.24) is 4.90 Å². The molecule has 0 saturated carbocycles. The SMILES string of the molecule is OCCC1CN(Cc2ccccc2)C[C@@H]1c1ccc(F)c(Cl)c1. The van der Waals surface area contributed by atoms with Crippen LogP contribution >= 0.6 is 11.6 Å². The number of likely N-dealkylation sites (tertiary alicyclic amines) is 1. The fourth-order valence-electron chi connectivity index (χ4n) is 3.51. The molecule has 1 saturated heterocycles. The van der Waals surface area contributed by atoms with Crippen LogP contribution in [0.2, 0.25) is 5.02 Å². The molecule has 0 aliphatic carbocycles. The van der Waals surface area contributed by atoms with Crippen LogP contribution in [0.25, 0.3) is 0 Å². The fourth-order valence-corrected chi connectivity index (χ4v) is 3.70. The van der Waals surface area contributed by atoms with Crippen molar-refractivity contribution in [3.05, 3.63) is 70.5 Å². The summed E-state index contributed by atoms with van der Waals surface area (Å²) in [6, 6.07) is 15.4. The lowest BCUT2D eigenvalue weighted by atomic mass is 9.87. The van der Waals surface area contributed by atoms with Gasteiger partial charge in [0.15, 0.2) is 0 Å². The Morgan fingerprint density at radius 3 is 2.61 bits per heavy atom. The van der Waals surface area contributed by atoms with E-state index in [1.807, 2.05) is 24.3 Å². The summed E-state index contributed by atoms with van der Waals surface area (Å²) in [6.07, 6.45) is 0.755. The lowest BCUT2D eigenvalue weighted by Crippen LogP contribution is -2.20. The van der Waals surface area contributed by atoms with Crippen molar-refractivity contribution in [2.24, 2.45) is 5.92 Å². The molecule has 3 rings (SSSR count). The standard InChI is InChI=1S/C19H21ClFNO/c20-18-10-15(6-7-19(18)21)17-13-22(12-16(17)8-9-23)11-14-4-2-1-3-5-14/h1-7,10,16-17,23H,8-9,11-13H2/t16?,17-/m1/s1. The predicted molar refractivity (Wildman–Crippen MR) is 91.1 cm³/mol. The Morgan fingerprint density at radius 1 is 1.13 bits per heavy atom. The zero-order valence-corrected chi connectivity index (χ0v) is 13.7. The molecule has 1 heterocycles. The highest BCUT2D eigenvalue weighted by atomic mass is 35.5. The van der Waals surface area contributed by atoms with Crippen LogP contribution in [-0.2, 0) is 6.54 Å². The minimum atomic E-state index is -0.381. The first kappa shape index (κ1) is 16.4. The first-order chi connectivity index (χ1) is 11.2. The average molecular weight is 334 g/mol. The van der Waals surface area contributed by atoms with Gasteiger partial charge < -0.3 is 5.11 Å². The number of hydrogen-bond donors (Lipinski definition) is 1. The molecule has 1 fully saturated rings. The molecule has 2 aromatic carbocycles. The molecule has 122 valence electrons. The number of hydrogen-bond acceptors (Lipinski definition) is 2. The van der Waals surface area contributed by atoms with Crippen LogP contribution in [0, 0.1) is 11.7 Å². The zero-order chi connectivity index (χ0) is 16.2. The Bertz CT molecular complexity index is 649. The lowest BCUT2D eigenvalue weighted by Gasteiger charge is -2.18. The molecule has 1 aliphatic rings. The van der Waals surface area contributed by atoms with Gasteiger partial charge in [0.25, 0.3) is 0 Å². The van der Waals surface area contributed by atoms with Crippen LogP contribution in [0.3, 0.4) is 0 Å². The molecule has 23 heavy (non-hydrogen) atoms. The second-order valence-electron chi connectivity index (χ2n) is 6.23. The molecule has 0 aromatic heterocycles. The Hall–Kier alpha value is -1.42. The van der Waals surface area contributed by atoms with Gasteiger partial charge in [-0.1, -0.05) is 48.0 Å². The van der Waals surface area contributed by atoms with Crippen LogP contribution in [0.5, 0.6) is 0 Å². The number of halogens is 2. The molecule has 0 bridgehead atoms. The second-order valence-corrected chi connectivity index (χ2v) is 6.64. The first-order valence-corrected chi connectivity index (χ1v) is 8.37. The summed E-state index contributed by atoms with van der Waals surface area (Å²) >= 11 is 5.95. The van der Waals surface area contributed by atoms with Gasteiger partial charge in [-0.3, -0.25) is 4.90 Å². The molecule has 2 nitrogen and oxygen atoms in total. The van der Waals surface area contributed by atoms with Crippen molar-refractivity contribution in [1.29, 1.82) is 0 Å². The number of nitrogens with zero attached hydrogens (tertiary/aromatic N) is 1. The molecular weight excluding hydrogens is 313 g/mol. The van der Waals surface area contributed by atoms with Gasteiger partial charge in [-0.2, -0.15) is 0 Å². The van der Waals surface area contributed by atoms with Gasteiger partial charge in [0.1, 0.15) is 5.82 Å². The van der Waals surface area contributed by atoms with Crippen molar-refractivity contribution < 1.29 is 9.50 Å². The Morgan fingerprint density at radius 2 is 1.91 bits per heavy atom. The quantitative estimate of drug-likeness (QED) is 0.891. The normalized spacial score (nSPS) is 21.7. The maximum atomic E-state index is 13.4. The number of rotatable bonds is 5. The summed E-state index contributed by atoms with van der Waals surface area (Å²) in [5, 5.41) is 9.53. The highest BCUT2D eigenvalue weighted by Gasteiger charge is 2.33. The van der Waals surface area contributed by atoms with E-state index in [4.69, 9.17) is 11.6 Å². The summed E-state index contributed by atoms with van der Waals surface area (Å²) in [4.78, 5) is 2.40. The van der Waals surface area contributed by atoms with Crippen LogP contribution in [0.1, 0.15) is 23.5 Å². The van der Waals surface area contributed by atoms with Gasteiger partial charge in [0.05, 0.1) is 5.02 Å². The Balaban J connectivity index is 1.76. The predicted octanol–water partition coefficient (Wildman–Crippen LogP) is 4.08. The maximum absolute atomic E-state index is 13.4. The molecule has 0 amide bonds. The molecule has 1 aliphatic heterocycles. The summed E-state index contributed by atoms with van der Waals surface area (Å²) in [6.45, 7) is 2.92. The van der Waals surface area contributed by atoms with Gasteiger partial charge >= 0.3 is 0 Å². The maximum Gasteiger partial charge on any atom is 0.141 e. The minimum absolute atomic E-state index is 0.173. The van der Waals surface area contributed by atoms with E-state index in [0.717, 1.165) is 31.6 Å². The number of aliphatic hydroxyl groups excluding tert-OH is 1. The lowest BCUT2D eigenvalue weighted by molar-refractivity contribution is 0.246. The third kappa shape index (κ3) is 3.92. The molecule has 2 aromatic rings. The second kappa shape index (κ2) is 7.43. The monoisotopic (exact) mass is 333 g/mol. The molecule has 1 unspecified atom stereocenters. The van der Waals surface area contributed by atoms with E-state index in [9.17, 15) is 9.50 Å². The van der Waals surface area contributed by atoms with E-state index in [1.54, 1.807) is 6.07 Å². The summed E-state index contributed by atoms with van der Waals surface area (Å²) in [5.74, 6) is 0.266. The highest BCUT2D eigenvalue weighted by Crippen LogP contribution is 2.36. The third-order valence-electron chi connectivity index (χ3n) is 4.64. The summed E-state index contributed by atoms with van der Waals surface area (Å²) in [5.41, 5.74) is 2.35. The van der Waals surface area contributed by atoms with Crippen molar-refractivity contribution in [3.63, 3.8) is 0 Å². The van der Waals surface area contributed by atoms with Crippen LogP contribution < -0.4 is 0 Å². The molecule has 2 atom stereocenters. The largest absolute Gasteiger partial charge is 0.396 e. The smallest absolute Gasteiger partial charge is 0.141 e. The third-order valence-corrected chi connectivity index (χ3v) is 4.93. The van der Waals surface area contributed by atoms with E-state index in [-0.39, 0.29) is 23.4 Å². The van der Waals surface area contributed by atoms with E-state index in [2.05, 4.69) is 17.0 Å². The summed E-state index contributed by atoms with van der Waals surface area (Å²) in [7, 11) is 0. The van der Waals surface area contributed by atoms with Gasteiger partial charge in [-0.15, -0.1) is 0 Å². The highest BCUT2D eigenvalue weighted by molar-refractivity contribution is 6.30. The first-order valence-electron chi connectivity index (χ1n) is 7.99.